The first-order valence-corrected chi connectivity index (χ1v) is 6.35. The molecule has 0 bridgehead atoms. The van der Waals surface area contributed by atoms with Crippen molar-refractivity contribution in [3.63, 3.8) is 0 Å². The van der Waals surface area contributed by atoms with E-state index in [4.69, 9.17) is 21.1 Å². The average molecular weight is 290 g/mol. The number of carbonyl (C=O) groups excluding carboxylic acids is 1. The molecule has 106 valence electrons. The lowest BCUT2D eigenvalue weighted by Crippen LogP contribution is -2.38. The van der Waals surface area contributed by atoms with Gasteiger partial charge in [-0.1, -0.05) is 0 Å². The van der Waals surface area contributed by atoms with Crippen LogP contribution >= 0.6 is 11.6 Å². The zero-order valence-corrected chi connectivity index (χ0v) is 11.7. The summed E-state index contributed by atoms with van der Waals surface area (Å²) in [5.74, 6) is -0.367. The maximum atomic E-state index is 13.2. The van der Waals surface area contributed by atoms with Crippen LogP contribution in [0.2, 0.25) is 0 Å². The third-order valence-electron chi connectivity index (χ3n) is 2.57. The van der Waals surface area contributed by atoms with Crippen molar-refractivity contribution in [3.05, 3.63) is 29.6 Å². The van der Waals surface area contributed by atoms with Crippen molar-refractivity contribution >= 4 is 17.5 Å². The van der Waals surface area contributed by atoms with E-state index in [2.05, 4.69) is 5.32 Å². The fraction of sp³-hybridized carbons (Fsp3) is 0.462. The van der Waals surface area contributed by atoms with Crippen LogP contribution < -0.4 is 10.1 Å². The van der Waals surface area contributed by atoms with Gasteiger partial charge >= 0.3 is 0 Å². The van der Waals surface area contributed by atoms with Crippen LogP contribution in [0, 0.1) is 5.82 Å². The number of methoxy groups -OCH3 is 2. The first-order valence-electron chi connectivity index (χ1n) is 5.81. The average Bonchev–Trinajstić information content (AvgIpc) is 2.39. The molecule has 0 aliphatic heterocycles. The lowest BCUT2D eigenvalue weighted by Gasteiger charge is -2.17. The molecule has 1 N–H and O–H groups in total. The van der Waals surface area contributed by atoms with Crippen LogP contribution in [0.5, 0.6) is 5.75 Å². The van der Waals surface area contributed by atoms with Gasteiger partial charge in [0.05, 0.1) is 19.8 Å². The first-order chi connectivity index (χ1) is 9.12. The molecule has 0 aliphatic carbocycles. The minimum Gasteiger partial charge on any atom is -0.494 e. The van der Waals surface area contributed by atoms with Crippen LogP contribution in [0.3, 0.4) is 0 Å². The first kappa shape index (κ1) is 15.7. The SMILES string of the molecule is COCC(CCCl)NC(=O)c1ccc(F)c(OC)c1. The zero-order chi connectivity index (χ0) is 14.3. The number of benzene rings is 1. The van der Waals surface area contributed by atoms with Gasteiger partial charge in [-0.15, -0.1) is 11.6 Å². The van der Waals surface area contributed by atoms with Crippen LogP contribution in [0.25, 0.3) is 0 Å². The van der Waals surface area contributed by atoms with Gasteiger partial charge in [0.1, 0.15) is 0 Å². The molecule has 1 atom stereocenters. The van der Waals surface area contributed by atoms with Crippen molar-refractivity contribution in [3.8, 4) is 5.75 Å². The van der Waals surface area contributed by atoms with Gasteiger partial charge in [-0.2, -0.15) is 0 Å². The standard InChI is InChI=1S/C13H17ClFNO3/c1-18-8-10(5-6-14)16-13(17)9-3-4-11(15)12(7-9)19-2/h3-4,7,10H,5-6,8H2,1-2H3,(H,16,17). The van der Waals surface area contributed by atoms with Crippen LogP contribution in [0.4, 0.5) is 4.39 Å². The molecule has 0 saturated heterocycles. The van der Waals surface area contributed by atoms with Gasteiger partial charge in [0, 0.05) is 18.6 Å². The van der Waals surface area contributed by atoms with Gasteiger partial charge in [0.15, 0.2) is 11.6 Å². The lowest BCUT2D eigenvalue weighted by molar-refractivity contribution is 0.0894. The van der Waals surface area contributed by atoms with Crippen molar-refractivity contribution < 1.29 is 18.7 Å². The van der Waals surface area contributed by atoms with Crippen molar-refractivity contribution in [1.82, 2.24) is 5.32 Å². The van der Waals surface area contributed by atoms with E-state index in [-0.39, 0.29) is 17.7 Å². The van der Waals surface area contributed by atoms with E-state index in [0.29, 0.717) is 24.5 Å². The predicted octanol–water partition coefficient (Wildman–Crippen LogP) is 2.21. The molecule has 1 rings (SSSR count). The normalized spacial score (nSPS) is 12.0. The number of nitrogens with one attached hydrogen (secondary N) is 1. The Hall–Kier alpha value is -1.33. The molecule has 1 aromatic carbocycles. The van der Waals surface area contributed by atoms with Gasteiger partial charge < -0.3 is 14.8 Å². The van der Waals surface area contributed by atoms with Gasteiger partial charge in [0.2, 0.25) is 0 Å². The summed E-state index contributed by atoms with van der Waals surface area (Å²) in [5, 5.41) is 2.78. The predicted molar refractivity (Wildman–Crippen MR) is 71.4 cm³/mol. The quantitative estimate of drug-likeness (QED) is 0.783. The molecule has 0 aromatic heterocycles. The van der Waals surface area contributed by atoms with Gasteiger partial charge in [-0.05, 0) is 24.6 Å². The fourth-order valence-electron chi connectivity index (χ4n) is 1.60. The number of carbonyl (C=O) groups is 1. The molecule has 0 aliphatic rings. The number of alkyl halides is 1. The van der Waals surface area contributed by atoms with Crippen LogP contribution in [0.15, 0.2) is 18.2 Å². The largest absolute Gasteiger partial charge is 0.494 e. The number of ether oxygens (including phenoxy) is 2. The summed E-state index contributed by atoms with van der Waals surface area (Å²) in [5.41, 5.74) is 0.328. The van der Waals surface area contributed by atoms with E-state index in [1.165, 1.54) is 25.3 Å². The van der Waals surface area contributed by atoms with E-state index in [1.807, 2.05) is 0 Å². The van der Waals surface area contributed by atoms with Crippen molar-refractivity contribution in [2.24, 2.45) is 0 Å². The third-order valence-corrected chi connectivity index (χ3v) is 2.79. The molecule has 1 aromatic rings. The van der Waals surface area contributed by atoms with Crippen molar-refractivity contribution in [2.75, 3.05) is 26.7 Å². The number of hydrogen-bond donors (Lipinski definition) is 1. The van der Waals surface area contributed by atoms with Crippen LogP contribution in [0.1, 0.15) is 16.8 Å². The summed E-state index contributed by atoms with van der Waals surface area (Å²) >= 11 is 5.65. The summed E-state index contributed by atoms with van der Waals surface area (Å²) in [4.78, 5) is 12.0. The van der Waals surface area contributed by atoms with Crippen LogP contribution in [-0.4, -0.2) is 38.7 Å². The Balaban J connectivity index is 2.76. The molecule has 0 heterocycles. The zero-order valence-electron chi connectivity index (χ0n) is 10.9. The third kappa shape index (κ3) is 4.69. The van der Waals surface area contributed by atoms with Gasteiger partial charge in [-0.25, -0.2) is 4.39 Å². The second-order valence-corrected chi connectivity index (χ2v) is 4.33. The Morgan fingerprint density at radius 2 is 2.21 bits per heavy atom. The molecule has 0 saturated carbocycles. The van der Waals surface area contributed by atoms with E-state index >= 15 is 0 Å². The van der Waals surface area contributed by atoms with Crippen molar-refractivity contribution in [2.45, 2.75) is 12.5 Å². The number of halogens is 2. The minimum absolute atomic E-state index is 0.0354. The number of hydrogen-bond acceptors (Lipinski definition) is 3. The molecule has 1 amide bonds. The summed E-state index contributed by atoms with van der Waals surface area (Å²) in [6, 6.07) is 3.78. The highest BCUT2D eigenvalue weighted by atomic mass is 35.5. The highest BCUT2D eigenvalue weighted by Crippen LogP contribution is 2.18. The molecule has 1 unspecified atom stereocenters. The molecule has 0 fully saturated rings. The highest BCUT2D eigenvalue weighted by Gasteiger charge is 2.15. The fourth-order valence-corrected chi connectivity index (χ4v) is 1.86. The van der Waals surface area contributed by atoms with E-state index in [0.717, 1.165) is 0 Å². The number of rotatable bonds is 7. The lowest BCUT2D eigenvalue weighted by atomic mass is 10.1. The van der Waals surface area contributed by atoms with Gasteiger partial charge in [-0.3, -0.25) is 4.79 Å². The highest BCUT2D eigenvalue weighted by molar-refractivity contribution is 6.17. The van der Waals surface area contributed by atoms with Crippen LogP contribution in [-0.2, 0) is 4.74 Å². The molecule has 0 spiro atoms. The molecule has 6 heteroatoms. The molecule has 19 heavy (non-hydrogen) atoms. The summed E-state index contributed by atoms with van der Waals surface area (Å²) in [6.45, 7) is 0.372. The topological polar surface area (TPSA) is 47.6 Å². The smallest absolute Gasteiger partial charge is 0.251 e. The Kier molecular flexibility index (Phi) is 6.59. The molecular formula is C13H17ClFNO3. The van der Waals surface area contributed by atoms with Gasteiger partial charge in [0.25, 0.3) is 5.91 Å². The van der Waals surface area contributed by atoms with E-state index in [9.17, 15) is 9.18 Å². The Labute approximate surface area is 116 Å². The Bertz CT molecular complexity index is 422. The second-order valence-electron chi connectivity index (χ2n) is 3.95. The summed E-state index contributed by atoms with van der Waals surface area (Å²) in [6.07, 6.45) is 0.597. The summed E-state index contributed by atoms with van der Waals surface area (Å²) < 4.78 is 23.1. The molecular weight excluding hydrogens is 273 g/mol. The van der Waals surface area contributed by atoms with E-state index < -0.39 is 5.82 Å². The molecule has 4 nitrogen and oxygen atoms in total. The van der Waals surface area contributed by atoms with E-state index in [1.54, 1.807) is 7.11 Å². The summed E-state index contributed by atoms with van der Waals surface area (Å²) in [7, 11) is 2.90. The Morgan fingerprint density at radius 3 is 2.79 bits per heavy atom. The molecule has 0 radical (unpaired) electrons. The monoisotopic (exact) mass is 289 g/mol. The maximum Gasteiger partial charge on any atom is 0.251 e. The Morgan fingerprint density at radius 1 is 1.47 bits per heavy atom. The minimum atomic E-state index is -0.506. The maximum absolute atomic E-state index is 13.2. The number of amides is 1. The second kappa shape index (κ2) is 7.96. The van der Waals surface area contributed by atoms with Crippen molar-refractivity contribution in [1.29, 1.82) is 0 Å².